The fourth-order valence-electron chi connectivity index (χ4n) is 2.45. The van der Waals surface area contributed by atoms with Crippen LogP contribution < -0.4 is 10.2 Å². The lowest BCUT2D eigenvalue weighted by Crippen LogP contribution is -2.23. The van der Waals surface area contributed by atoms with E-state index in [1.54, 1.807) is 18.3 Å². The lowest BCUT2D eigenvalue weighted by atomic mass is 10.1. The molecule has 126 valence electrons. The maximum atomic E-state index is 12.2. The number of hydrogen-bond donors (Lipinski definition) is 1. The van der Waals surface area contributed by atoms with Gasteiger partial charge in [0.05, 0.1) is 5.69 Å². The van der Waals surface area contributed by atoms with Gasteiger partial charge in [0, 0.05) is 21.1 Å². The molecule has 3 rings (SSSR count). The molecule has 0 atom stereocenters. The smallest absolute Gasteiger partial charge is 0.271 e. The van der Waals surface area contributed by atoms with E-state index in [1.165, 1.54) is 11.3 Å². The summed E-state index contributed by atoms with van der Waals surface area (Å²) in [4.78, 5) is 14.0. The van der Waals surface area contributed by atoms with Crippen LogP contribution >= 0.6 is 27.3 Å². The number of amides is 1. The highest BCUT2D eigenvalue weighted by Crippen LogP contribution is 2.24. The van der Waals surface area contributed by atoms with Crippen LogP contribution in [0.2, 0.25) is 0 Å². The van der Waals surface area contributed by atoms with Gasteiger partial charge in [-0.2, -0.15) is 0 Å². The normalized spacial score (nSPS) is 11.4. The maximum Gasteiger partial charge on any atom is 0.271 e. The van der Waals surface area contributed by atoms with E-state index in [0.717, 1.165) is 20.6 Å². The predicted molar refractivity (Wildman–Crippen MR) is 106 cm³/mol. The van der Waals surface area contributed by atoms with Crippen molar-refractivity contribution in [3.63, 3.8) is 0 Å². The zero-order valence-electron chi connectivity index (χ0n) is 13.6. The van der Waals surface area contributed by atoms with Crippen molar-refractivity contribution in [1.29, 1.82) is 0 Å². The molecule has 0 saturated carbocycles. The third-order valence-corrected chi connectivity index (χ3v) is 5.11. The number of benzene rings is 2. The lowest BCUT2D eigenvalue weighted by Gasteiger charge is -2.05. The highest BCUT2D eigenvalue weighted by molar-refractivity contribution is 9.10. The van der Waals surface area contributed by atoms with Crippen molar-refractivity contribution in [3.05, 3.63) is 80.9 Å². The fourth-order valence-corrected chi connectivity index (χ4v) is 3.66. The summed E-state index contributed by atoms with van der Waals surface area (Å²) in [6.45, 7) is 5.91. The second-order valence-corrected chi connectivity index (χ2v) is 7.36. The summed E-state index contributed by atoms with van der Waals surface area (Å²) in [5.41, 5.74) is 5.27. The first-order valence-corrected chi connectivity index (χ1v) is 9.20. The summed E-state index contributed by atoms with van der Waals surface area (Å²) < 4.78 is 2.81. The molecule has 0 fully saturated rings. The Hall–Kier alpha value is -2.44. The molecule has 1 heterocycles. The second kappa shape index (κ2) is 7.63. The Morgan fingerprint density at radius 2 is 1.88 bits per heavy atom. The number of rotatable bonds is 4. The van der Waals surface area contributed by atoms with Gasteiger partial charge in [0.15, 0.2) is 0 Å². The van der Waals surface area contributed by atoms with E-state index in [0.29, 0.717) is 10.4 Å². The molecule has 1 amide bonds. The van der Waals surface area contributed by atoms with Crippen LogP contribution in [0.3, 0.4) is 0 Å². The fraction of sp³-hybridized carbons (Fsp3) is 0.0526. The van der Waals surface area contributed by atoms with E-state index in [4.69, 9.17) is 0 Å². The van der Waals surface area contributed by atoms with Crippen molar-refractivity contribution in [2.75, 3.05) is 0 Å². The van der Waals surface area contributed by atoms with Crippen LogP contribution in [0.4, 0.5) is 0 Å². The molecule has 25 heavy (non-hydrogen) atoms. The molecule has 4 nitrogen and oxygen atoms in total. The molecular formula is C19H16BrN3OS. The molecular weight excluding hydrogens is 398 g/mol. The maximum absolute atomic E-state index is 12.2. The molecule has 2 aromatic carbocycles. The third kappa shape index (κ3) is 3.81. The van der Waals surface area contributed by atoms with Gasteiger partial charge in [-0.1, -0.05) is 64.2 Å². The highest BCUT2D eigenvalue weighted by atomic mass is 79.9. The van der Waals surface area contributed by atoms with Crippen LogP contribution in [0.15, 0.2) is 70.8 Å². The first-order valence-electron chi connectivity index (χ1n) is 7.59. The molecule has 1 N–H and O–H groups in total. The minimum absolute atomic E-state index is 0.254. The van der Waals surface area contributed by atoms with Gasteiger partial charge in [0.25, 0.3) is 5.91 Å². The summed E-state index contributed by atoms with van der Waals surface area (Å²) in [5, 5.41) is 4.28. The standard InChI is InChI=1S/C19H16BrN3OS/c1-3-23-17(14-7-5-4-6-8-14)13(2)25-19(23)22-21-18(24)15-9-11-16(20)12-10-15/h3-12H,1H2,2H3,(H,21,24)/b22-19-. The van der Waals surface area contributed by atoms with Crippen LogP contribution in [0.5, 0.6) is 0 Å². The van der Waals surface area contributed by atoms with Gasteiger partial charge in [-0.15, -0.1) is 5.10 Å². The third-order valence-electron chi connectivity index (χ3n) is 3.61. The largest absolute Gasteiger partial charge is 0.291 e. The Morgan fingerprint density at radius 1 is 1.20 bits per heavy atom. The summed E-state index contributed by atoms with van der Waals surface area (Å²) in [5.74, 6) is -0.254. The number of carbonyl (C=O) groups is 1. The van der Waals surface area contributed by atoms with Crippen LogP contribution in [-0.4, -0.2) is 10.5 Å². The quantitative estimate of drug-likeness (QED) is 0.622. The number of aromatic nitrogens is 1. The van der Waals surface area contributed by atoms with Crippen LogP contribution in [0.1, 0.15) is 15.2 Å². The number of thiazole rings is 1. The molecule has 0 unspecified atom stereocenters. The van der Waals surface area contributed by atoms with Crippen molar-refractivity contribution < 1.29 is 4.79 Å². The number of aryl methyl sites for hydroxylation is 1. The molecule has 1 aromatic heterocycles. The number of nitrogens with zero attached hydrogens (tertiary/aromatic N) is 2. The van der Waals surface area contributed by atoms with Crippen LogP contribution in [0, 0.1) is 6.92 Å². The average Bonchev–Trinajstić information content (AvgIpc) is 2.96. The van der Waals surface area contributed by atoms with E-state index >= 15 is 0 Å². The molecule has 6 heteroatoms. The van der Waals surface area contributed by atoms with Crippen molar-refractivity contribution in [1.82, 2.24) is 9.99 Å². The minimum Gasteiger partial charge on any atom is -0.291 e. The molecule has 0 radical (unpaired) electrons. The van der Waals surface area contributed by atoms with Gasteiger partial charge >= 0.3 is 0 Å². The first kappa shape index (κ1) is 17.4. The van der Waals surface area contributed by atoms with Gasteiger partial charge in [-0.05, 0) is 36.8 Å². The Bertz CT molecular complexity index is 972. The van der Waals surface area contributed by atoms with Crippen molar-refractivity contribution in [3.8, 4) is 11.3 Å². The molecule has 0 aliphatic carbocycles. The van der Waals surface area contributed by atoms with Crippen LogP contribution in [-0.2, 0) is 0 Å². The predicted octanol–water partition coefficient (Wildman–Crippen LogP) is 4.63. The lowest BCUT2D eigenvalue weighted by molar-refractivity contribution is 0.0953. The van der Waals surface area contributed by atoms with E-state index < -0.39 is 0 Å². The summed E-state index contributed by atoms with van der Waals surface area (Å²) in [7, 11) is 0. The number of nitrogens with one attached hydrogen (secondary N) is 1. The topological polar surface area (TPSA) is 46.4 Å². The SMILES string of the molecule is C=Cn1c(-c2ccccc2)c(C)s/c1=N\NC(=O)c1ccc(Br)cc1. The number of carbonyl (C=O) groups excluding carboxylic acids is 1. The van der Waals surface area contributed by atoms with E-state index in [-0.39, 0.29) is 5.91 Å². The summed E-state index contributed by atoms with van der Waals surface area (Å²) in [6, 6.07) is 17.2. The summed E-state index contributed by atoms with van der Waals surface area (Å²) in [6.07, 6.45) is 1.70. The van der Waals surface area contributed by atoms with E-state index in [2.05, 4.69) is 33.0 Å². The Morgan fingerprint density at radius 3 is 2.52 bits per heavy atom. The molecule has 0 aliphatic heterocycles. The van der Waals surface area contributed by atoms with E-state index in [1.807, 2.05) is 54.0 Å². The Labute approximate surface area is 158 Å². The van der Waals surface area contributed by atoms with E-state index in [9.17, 15) is 4.79 Å². The zero-order chi connectivity index (χ0) is 17.8. The number of halogens is 1. The van der Waals surface area contributed by atoms with Crippen molar-refractivity contribution >= 4 is 39.4 Å². The van der Waals surface area contributed by atoms with Gasteiger partial charge in [-0.25, -0.2) is 5.43 Å². The van der Waals surface area contributed by atoms with Gasteiger partial charge in [0.2, 0.25) is 4.80 Å². The molecule has 0 saturated heterocycles. The van der Waals surface area contributed by atoms with Gasteiger partial charge in [-0.3, -0.25) is 9.36 Å². The monoisotopic (exact) mass is 413 g/mol. The minimum atomic E-state index is -0.254. The van der Waals surface area contributed by atoms with Crippen molar-refractivity contribution in [2.45, 2.75) is 6.92 Å². The van der Waals surface area contributed by atoms with Gasteiger partial charge < -0.3 is 0 Å². The first-order chi connectivity index (χ1) is 12.1. The Balaban J connectivity index is 1.95. The average molecular weight is 414 g/mol. The number of hydrogen-bond acceptors (Lipinski definition) is 3. The van der Waals surface area contributed by atoms with Crippen LogP contribution in [0.25, 0.3) is 17.5 Å². The Kier molecular flexibility index (Phi) is 5.31. The highest BCUT2D eigenvalue weighted by Gasteiger charge is 2.11. The molecule has 0 aliphatic rings. The summed E-state index contributed by atoms with van der Waals surface area (Å²) >= 11 is 4.86. The molecule has 3 aromatic rings. The zero-order valence-corrected chi connectivity index (χ0v) is 16.0. The molecule has 0 bridgehead atoms. The van der Waals surface area contributed by atoms with Gasteiger partial charge in [0.1, 0.15) is 0 Å². The second-order valence-electron chi connectivity index (χ2n) is 5.27. The molecule has 0 spiro atoms. The van der Waals surface area contributed by atoms with Crippen molar-refractivity contribution in [2.24, 2.45) is 5.10 Å².